The van der Waals surface area contributed by atoms with Gasteiger partial charge in [0.2, 0.25) is 0 Å². The van der Waals surface area contributed by atoms with Gasteiger partial charge in [0.15, 0.2) is 5.82 Å². The Morgan fingerprint density at radius 3 is 2.96 bits per heavy atom. The van der Waals surface area contributed by atoms with Crippen LogP contribution in [0, 0.1) is 11.3 Å². The van der Waals surface area contributed by atoms with Crippen LogP contribution in [0.1, 0.15) is 11.4 Å². The van der Waals surface area contributed by atoms with Crippen molar-refractivity contribution in [1.29, 1.82) is 5.26 Å². The lowest BCUT2D eigenvalue weighted by Gasteiger charge is -2.12. The van der Waals surface area contributed by atoms with E-state index in [1.807, 2.05) is 17.5 Å². The summed E-state index contributed by atoms with van der Waals surface area (Å²) in [6.07, 6.45) is 1.43. The molecule has 1 aromatic carbocycles. The van der Waals surface area contributed by atoms with Crippen molar-refractivity contribution in [3.8, 4) is 22.5 Å². The predicted octanol–water partition coefficient (Wildman–Crippen LogP) is 4.17. The Kier molecular flexibility index (Phi) is 4.82. The molecule has 3 aromatic heterocycles. The van der Waals surface area contributed by atoms with E-state index in [0.29, 0.717) is 28.2 Å². The maximum Gasteiger partial charge on any atom is 0.387 e. The summed E-state index contributed by atoms with van der Waals surface area (Å²) in [4.78, 5) is 9.54. The third kappa shape index (κ3) is 3.60. The van der Waals surface area contributed by atoms with Gasteiger partial charge in [0, 0.05) is 11.6 Å². The summed E-state index contributed by atoms with van der Waals surface area (Å²) < 4.78 is 29.5. The number of ether oxygens (including phenoxy) is 1. The molecule has 0 bridgehead atoms. The molecule has 7 nitrogen and oxygen atoms in total. The summed E-state index contributed by atoms with van der Waals surface area (Å²) in [5, 5.41) is 22.0. The quantitative estimate of drug-likeness (QED) is 0.506. The molecule has 0 aliphatic rings. The van der Waals surface area contributed by atoms with Crippen molar-refractivity contribution in [3.63, 3.8) is 0 Å². The van der Waals surface area contributed by atoms with E-state index in [1.165, 1.54) is 29.7 Å². The number of hydrogen-bond donors (Lipinski definition) is 2. The van der Waals surface area contributed by atoms with Crippen molar-refractivity contribution in [2.45, 2.75) is 13.2 Å². The number of alkyl halides is 2. The van der Waals surface area contributed by atoms with Gasteiger partial charge in [-0.15, -0.1) is 11.3 Å². The van der Waals surface area contributed by atoms with Crippen molar-refractivity contribution in [1.82, 2.24) is 20.2 Å². The normalized spacial score (nSPS) is 10.9. The fraction of sp³-hybridized carbons (Fsp3) is 0.111. The first-order chi connectivity index (χ1) is 13.6. The number of benzene rings is 1. The smallest absolute Gasteiger partial charge is 0.387 e. The van der Waals surface area contributed by atoms with Crippen LogP contribution in [0.25, 0.3) is 21.6 Å². The Balaban J connectivity index is 1.64. The summed E-state index contributed by atoms with van der Waals surface area (Å²) in [6.45, 7) is -2.68. The predicted molar refractivity (Wildman–Crippen MR) is 100 cm³/mol. The maximum atomic E-state index is 12.5. The van der Waals surface area contributed by atoms with Crippen molar-refractivity contribution < 1.29 is 13.5 Å². The SMILES string of the molecule is N#Cc1cnc2ccc(OC(F)F)cc2c1NCc1nc(-c2cccs2)n[nH]1. The fourth-order valence-corrected chi connectivity index (χ4v) is 3.34. The molecule has 0 aliphatic carbocycles. The monoisotopic (exact) mass is 398 g/mol. The number of pyridine rings is 1. The molecule has 0 aliphatic heterocycles. The Bertz CT molecular complexity index is 1150. The average Bonchev–Trinajstić information content (AvgIpc) is 3.37. The summed E-state index contributed by atoms with van der Waals surface area (Å²) in [7, 11) is 0. The van der Waals surface area contributed by atoms with E-state index in [9.17, 15) is 14.0 Å². The lowest BCUT2D eigenvalue weighted by molar-refractivity contribution is -0.0497. The highest BCUT2D eigenvalue weighted by molar-refractivity contribution is 7.13. The first-order valence-corrected chi connectivity index (χ1v) is 8.98. The molecular weight excluding hydrogens is 386 g/mol. The molecule has 0 unspecified atom stereocenters. The number of nitrogens with one attached hydrogen (secondary N) is 2. The minimum atomic E-state index is -2.94. The number of nitriles is 1. The molecule has 0 fully saturated rings. The molecule has 140 valence electrons. The molecule has 0 saturated heterocycles. The molecule has 10 heteroatoms. The Morgan fingerprint density at radius 1 is 1.32 bits per heavy atom. The average molecular weight is 398 g/mol. The van der Waals surface area contributed by atoms with Crippen LogP contribution in [0.4, 0.5) is 14.5 Å². The zero-order valence-corrected chi connectivity index (χ0v) is 15.0. The van der Waals surface area contributed by atoms with Crippen molar-refractivity contribution in [2.24, 2.45) is 0 Å². The van der Waals surface area contributed by atoms with Crippen LogP contribution in [0.15, 0.2) is 41.9 Å². The minimum absolute atomic E-state index is 0.0120. The third-order valence-electron chi connectivity index (χ3n) is 3.89. The van der Waals surface area contributed by atoms with Crippen molar-refractivity contribution in [2.75, 3.05) is 5.32 Å². The molecule has 3 heterocycles. The molecule has 4 rings (SSSR count). The number of aromatic nitrogens is 4. The molecule has 0 atom stereocenters. The van der Waals surface area contributed by atoms with Crippen LogP contribution in [0.5, 0.6) is 5.75 Å². The van der Waals surface area contributed by atoms with Gasteiger partial charge in [-0.2, -0.15) is 19.1 Å². The molecular formula is C18H12F2N6OS. The highest BCUT2D eigenvalue weighted by Gasteiger charge is 2.13. The van der Waals surface area contributed by atoms with Gasteiger partial charge < -0.3 is 10.1 Å². The summed E-state index contributed by atoms with van der Waals surface area (Å²) in [5.74, 6) is 1.14. The summed E-state index contributed by atoms with van der Waals surface area (Å²) in [5.41, 5.74) is 1.28. The largest absolute Gasteiger partial charge is 0.435 e. The van der Waals surface area contributed by atoms with E-state index in [2.05, 4.69) is 36.3 Å². The zero-order chi connectivity index (χ0) is 19.5. The second-order valence-electron chi connectivity index (χ2n) is 5.65. The highest BCUT2D eigenvalue weighted by atomic mass is 32.1. The summed E-state index contributed by atoms with van der Waals surface area (Å²) in [6, 6.07) is 10.3. The van der Waals surface area contributed by atoms with Crippen LogP contribution in [0.3, 0.4) is 0 Å². The number of thiophene rings is 1. The Morgan fingerprint density at radius 2 is 2.21 bits per heavy atom. The Hall–Kier alpha value is -3.58. The number of hydrogen-bond acceptors (Lipinski definition) is 7. The molecule has 0 amide bonds. The van der Waals surface area contributed by atoms with Crippen LogP contribution in [-0.4, -0.2) is 26.8 Å². The van der Waals surface area contributed by atoms with Gasteiger partial charge in [-0.1, -0.05) is 6.07 Å². The third-order valence-corrected chi connectivity index (χ3v) is 4.76. The van der Waals surface area contributed by atoms with Crippen molar-refractivity contribution >= 4 is 27.9 Å². The van der Waals surface area contributed by atoms with Gasteiger partial charge in [-0.05, 0) is 29.6 Å². The fourth-order valence-electron chi connectivity index (χ4n) is 2.69. The second kappa shape index (κ2) is 7.58. The highest BCUT2D eigenvalue weighted by Crippen LogP contribution is 2.30. The zero-order valence-electron chi connectivity index (χ0n) is 14.2. The first kappa shape index (κ1) is 17.8. The molecule has 0 radical (unpaired) electrons. The van der Waals surface area contributed by atoms with Gasteiger partial charge in [0.1, 0.15) is 17.6 Å². The van der Waals surface area contributed by atoms with Gasteiger partial charge in [-0.25, -0.2) is 4.98 Å². The standard InChI is InChI=1S/C18H12F2N6OS/c19-18(20)27-11-3-4-13-12(6-11)16(10(7-21)8-22-13)23-9-15-24-17(26-25-15)14-2-1-5-28-14/h1-6,8,18H,9H2,(H,22,23)(H,24,25,26). The maximum absolute atomic E-state index is 12.5. The number of anilines is 1. The van der Waals surface area contributed by atoms with Crippen molar-refractivity contribution in [3.05, 3.63) is 53.3 Å². The van der Waals surface area contributed by atoms with E-state index in [-0.39, 0.29) is 17.9 Å². The second-order valence-corrected chi connectivity index (χ2v) is 6.60. The lowest BCUT2D eigenvalue weighted by Crippen LogP contribution is -2.05. The number of nitrogens with zero attached hydrogens (tertiary/aromatic N) is 4. The Labute approximate surface area is 161 Å². The van der Waals surface area contributed by atoms with E-state index in [1.54, 1.807) is 6.07 Å². The van der Waals surface area contributed by atoms with Crippen LogP contribution >= 0.6 is 11.3 Å². The van der Waals surface area contributed by atoms with Gasteiger partial charge in [0.05, 0.1) is 28.2 Å². The number of aromatic amines is 1. The number of H-pyrrole nitrogens is 1. The lowest BCUT2D eigenvalue weighted by atomic mass is 10.1. The molecule has 4 aromatic rings. The summed E-state index contributed by atoms with van der Waals surface area (Å²) >= 11 is 1.53. The number of halogens is 2. The van der Waals surface area contributed by atoms with E-state index >= 15 is 0 Å². The molecule has 28 heavy (non-hydrogen) atoms. The van der Waals surface area contributed by atoms with Gasteiger partial charge >= 0.3 is 6.61 Å². The topological polar surface area (TPSA) is 99.5 Å². The molecule has 0 saturated carbocycles. The van der Waals surface area contributed by atoms with E-state index in [0.717, 1.165) is 4.88 Å². The van der Waals surface area contributed by atoms with E-state index in [4.69, 9.17) is 0 Å². The van der Waals surface area contributed by atoms with Crippen LogP contribution in [-0.2, 0) is 6.54 Å². The number of fused-ring (bicyclic) bond motifs is 1. The van der Waals surface area contributed by atoms with Crippen LogP contribution in [0.2, 0.25) is 0 Å². The number of rotatable bonds is 6. The molecule has 2 N–H and O–H groups in total. The minimum Gasteiger partial charge on any atom is -0.435 e. The molecule has 0 spiro atoms. The first-order valence-electron chi connectivity index (χ1n) is 8.11. The van der Waals surface area contributed by atoms with E-state index < -0.39 is 6.61 Å². The van der Waals surface area contributed by atoms with Crippen LogP contribution < -0.4 is 10.1 Å². The van der Waals surface area contributed by atoms with Gasteiger partial charge in [0.25, 0.3) is 0 Å². The van der Waals surface area contributed by atoms with Gasteiger partial charge in [-0.3, -0.25) is 10.1 Å².